The Labute approximate surface area is 65.9 Å². The maximum Gasteiger partial charge on any atom is 0.151 e. The number of nitrogens with one attached hydrogen (secondary N) is 1. The van der Waals surface area contributed by atoms with Gasteiger partial charge in [0.05, 0.1) is 6.04 Å². The van der Waals surface area contributed by atoms with E-state index in [2.05, 4.69) is 17.6 Å². The summed E-state index contributed by atoms with van der Waals surface area (Å²) in [4.78, 5) is 10.9. The van der Waals surface area contributed by atoms with Crippen LogP contribution in [0.5, 0.6) is 0 Å². The molecule has 0 aliphatic rings. The minimum absolute atomic E-state index is 0.101. The quantitative estimate of drug-likeness (QED) is 0.342. The molecule has 1 unspecified atom stereocenters. The SMILES string of the molecule is CCC(=O)C(CC=S)NN. The van der Waals surface area contributed by atoms with E-state index < -0.39 is 0 Å². The maximum atomic E-state index is 10.9. The predicted octanol–water partition coefficient (Wildman–Crippen LogP) is 0.187. The second kappa shape index (κ2) is 5.46. The monoisotopic (exact) mass is 160 g/mol. The van der Waals surface area contributed by atoms with Crippen molar-refractivity contribution in [2.45, 2.75) is 25.8 Å². The van der Waals surface area contributed by atoms with Crippen molar-refractivity contribution in [2.75, 3.05) is 0 Å². The molecule has 58 valence electrons. The van der Waals surface area contributed by atoms with Gasteiger partial charge in [0.15, 0.2) is 5.78 Å². The molecule has 3 N–H and O–H groups in total. The average molecular weight is 160 g/mol. The van der Waals surface area contributed by atoms with Crippen molar-refractivity contribution < 1.29 is 4.79 Å². The van der Waals surface area contributed by atoms with E-state index in [4.69, 9.17) is 5.84 Å². The largest absolute Gasteiger partial charge is 0.298 e. The van der Waals surface area contributed by atoms with Gasteiger partial charge in [-0.25, -0.2) is 5.43 Å². The predicted molar refractivity (Wildman–Crippen MR) is 44.7 cm³/mol. The summed E-state index contributed by atoms with van der Waals surface area (Å²) in [5.41, 5.74) is 2.41. The molecule has 0 aromatic rings. The van der Waals surface area contributed by atoms with Crippen molar-refractivity contribution >= 4 is 23.4 Å². The van der Waals surface area contributed by atoms with Gasteiger partial charge in [-0.05, 0) is 11.8 Å². The van der Waals surface area contributed by atoms with Gasteiger partial charge in [0.1, 0.15) is 0 Å². The molecule has 0 saturated carbocycles. The molecule has 0 aliphatic carbocycles. The highest BCUT2D eigenvalue weighted by molar-refractivity contribution is 7.78. The Bertz CT molecular complexity index is 127. The molecule has 0 saturated heterocycles. The number of carbonyl (C=O) groups is 1. The highest BCUT2D eigenvalue weighted by atomic mass is 32.1. The molecule has 0 radical (unpaired) electrons. The van der Waals surface area contributed by atoms with Crippen LogP contribution >= 0.6 is 12.2 Å². The van der Waals surface area contributed by atoms with E-state index in [0.29, 0.717) is 12.8 Å². The van der Waals surface area contributed by atoms with Gasteiger partial charge in [-0.1, -0.05) is 19.1 Å². The van der Waals surface area contributed by atoms with E-state index >= 15 is 0 Å². The molecule has 0 aromatic heterocycles. The summed E-state index contributed by atoms with van der Waals surface area (Å²) in [5, 5.41) is 1.51. The topological polar surface area (TPSA) is 55.1 Å². The Kier molecular flexibility index (Phi) is 5.29. The highest BCUT2D eigenvalue weighted by Gasteiger charge is 2.11. The highest BCUT2D eigenvalue weighted by Crippen LogP contribution is 1.93. The molecular weight excluding hydrogens is 148 g/mol. The first-order valence-electron chi connectivity index (χ1n) is 3.18. The lowest BCUT2D eigenvalue weighted by Crippen LogP contribution is -2.41. The number of hydrogen-bond acceptors (Lipinski definition) is 4. The molecule has 0 bridgehead atoms. The summed E-state index contributed by atoms with van der Waals surface area (Å²) in [6.07, 6.45) is 1.02. The molecule has 0 fully saturated rings. The van der Waals surface area contributed by atoms with Gasteiger partial charge in [0.25, 0.3) is 0 Å². The second-order valence-corrected chi connectivity index (χ2v) is 2.27. The van der Waals surface area contributed by atoms with Crippen LogP contribution in [0.15, 0.2) is 0 Å². The Morgan fingerprint density at radius 2 is 2.50 bits per heavy atom. The van der Waals surface area contributed by atoms with Crippen LogP contribution in [0.2, 0.25) is 0 Å². The van der Waals surface area contributed by atoms with E-state index in [1.807, 2.05) is 0 Å². The van der Waals surface area contributed by atoms with Crippen molar-refractivity contribution in [3.63, 3.8) is 0 Å². The summed E-state index contributed by atoms with van der Waals surface area (Å²) < 4.78 is 0. The van der Waals surface area contributed by atoms with Crippen LogP contribution in [0, 0.1) is 0 Å². The van der Waals surface area contributed by atoms with E-state index in [1.165, 1.54) is 5.37 Å². The van der Waals surface area contributed by atoms with Gasteiger partial charge in [-0.3, -0.25) is 10.6 Å². The second-order valence-electron chi connectivity index (χ2n) is 1.94. The lowest BCUT2D eigenvalue weighted by molar-refractivity contribution is -0.120. The van der Waals surface area contributed by atoms with Crippen LogP contribution < -0.4 is 11.3 Å². The zero-order valence-corrected chi connectivity index (χ0v) is 6.78. The summed E-state index contributed by atoms with van der Waals surface area (Å²) in [6.45, 7) is 1.80. The van der Waals surface area contributed by atoms with Gasteiger partial charge < -0.3 is 0 Å². The van der Waals surface area contributed by atoms with Gasteiger partial charge in [-0.15, -0.1) is 0 Å². The number of thiocarbonyl (C=S) groups is 1. The number of carbonyl (C=O) groups excluding carboxylic acids is 1. The third-order valence-electron chi connectivity index (χ3n) is 1.27. The third kappa shape index (κ3) is 3.00. The first-order chi connectivity index (χ1) is 4.76. The fourth-order valence-electron chi connectivity index (χ4n) is 0.635. The van der Waals surface area contributed by atoms with Crippen molar-refractivity contribution in [3.8, 4) is 0 Å². The van der Waals surface area contributed by atoms with Crippen molar-refractivity contribution in [1.82, 2.24) is 5.43 Å². The molecule has 0 heterocycles. The van der Waals surface area contributed by atoms with Crippen LogP contribution in [-0.4, -0.2) is 17.2 Å². The minimum Gasteiger partial charge on any atom is -0.298 e. The number of ketones is 1. The Morgan fingerprint density at radius 3 is 2.80 bits per heavy atom. The van der Waals surface area contributed by atoms with Gasteiger partial charge in [0, 0.05) is 6.42 Å². The standard InChI is InChI=1S/C6H12N2OS/c1-2-6(9)5(8-7)3-4-10/h4-5,8H,2-3,7H2,1H3. The van der Waals surface area contributed by atoms with Gasteiger partial charge in [0.2, 0.25) is 0 Å². The molecule has 10 heavy (non-hydrogen) atoms. The van der Waals surface area contributed by atoms with Gasteiger partial charge >= 0.3 is 0 Å². The summed E-state index contributed by atoms with van der Waals surface area (Å²) in [7, 11) is 0. The van der Waals surface area contributed by atoms with Crippen molar-refractivity contribution in [1.29, 1.82) is 0 Å². The van der Waals surface area contributed by atoms with Gasteiger partial charge in [-0.2, -0.15) is 0 Å². The third-order valence-corrected chi connectivity index (χ3v) is 1.46. The van der Waals surface area contributed by atoms with E-state index in [1.54, 1.807) is 6.92 Å². The molecule has 0 spiro atoms. The average Bonchev–Trinajstić information content (AvgIpc) is 1.99. The molecule has 1 atom stereocenters. The fourth-order valence-corrected chi connectivity index (χ4v) is 0.828. The van der Waals surface area contributed by atoms with Crippen LogP contribution in [0.4, 0.5) is 0 Å². The molecule has 0 rings (SSSR count). The lowest BCUT2D eigenvalue weighted by atomic mass is 10.1. The molecule has 0 aromatic carbocycles. The fraction of sp³-hybridized carbons (Fsp3) is 0.667. The Morgan fingerprint density at radius 1 is 1.90 bits per heavy atom. The first kappa shape index (κ1) is 9.68. The van der Waals surface area contributed by atoms with E-state index in [0.717, 1.165) is 0 Å². The van der Waals surface area contributed by atoms with Crippen LogP contribution in [0.3, 0.4) is 0 Å². The normalized spacial score (nSPS) is 12.6. The summed E-state index contributed by atoms with van der Waals surface area (Å²) in [5.74, 6) is 5.20. The summed E-state index contributed by atoms with van der Waals surface area (Å²) in [6, 6.07) is -0.289. The number of hydrazine groups is 1. The Balaban J connectivity index is 3.79. The molecule has 4 heteroatoms. The molecule has 0 amide bonds. The Hall–Kier alpha value is -0.320. The van der Waals surface area contributed by atoms with Crippen LogP contribution in [0.1, 0.15) is 19.8 Å². The van der Waals surface area contributed by atoms with E-state index in [-0.39, 0.29) is 11.8 Å². The zero-order chi connectivity index (χ0) is 7.98. The van der Waals surface area contributed by atoms with Crippen molar-refractivity contribution in [2.24, 2.45) is 5.84 Å². The number of hydrogen-bond donors (Lipinski definition) is 2. The molecule has 0 aliphatic heterocycles. The lowest BCUT2D eigenvalue weighted by Gasteiger charge is -2.09. The van der Waals surface area contributed by atoms with Crippen LogP contribution in [0.25, 0.3) is 0 Å². The first-order valence-corrected chi connectivity index (χ1v) is 3.65. The smallest absolute Gasteiger partial charge is 0.151 e. The number of nitrogens with two attached hydrogens (primary N) is 1. The summed E-state index contributed by atoms with van der Waals surface area (Å²) >= 11 is 4.59. The molecular formula is C6H12N2OS. The van der Waals surface area contributed by atoms with Crippen molar-refractivity contribution in [3.05, 3.63) is 0 Å². The van der Waals surface area contributed by atoms with E-state index in [9.17, 15) is 4.79 Å². The maximum absolute atomic E-state index is 10.9. The minimum atomic E-state index is -0.289. The number of Topliss-reactive ketones (excluding diaryl/α,β-unsaturated/α-hetero) is 1. The van der Waals surface area contributed by atoms with Crippen LogP contribution in [-0.2, 0) is 4.79 Å². The molecule has 3 nitrogen and oxygen atoms in total. The zero-order valence-electron chi connectivity index (χ0n) is 5.96. The number of rotatable bonds is 5.